The topological polar surface area (TPSA) is 71.4 Å². The number of aromatic nitrogens is 1. The number of likely N-dealkylation sites (tertiary alicyclic amines) is 1. The number of hydrogen-bond donors (Lipinski definition) is 1. The van der Waals surface area contributed by atoms with E-state index in [-0.39, 0.29) is 11.5 Å². The molecule has 2 heterocycles. The van der Waals surface area contributed by atoms with Crippen molar-refractivity contribution in [3.8, 4) is 0 Å². The van der Waals surface area contributed by atoms with Gasteiger partial charge in [-0.15, -0.1) is 0 Å². The van der Waals surface area contributed by atoms with Crippen LogP contribution in [0.2, 0.25) is 0 Å². The van der Waals surface area contributed by atoms with Gasteiger partial charge in [0.25, 0.3) is 5.56 Å². The zero-order valence-electron chi connectivity index (χ0n) is 12.8. The molecule has 120 valence electrons. The van der Waals surface area contributed by atoms with Gasteiger partial charge in [-0.3, -0.25) is 14.4 Å². The van der Waals surface area contributed by atoms with E-state index in [2.05, 4.69) is 5.32 Å². The molecule has 0 atom stereocenters. The van der Waals surface area contributed by atoms with E-state index in [9.17, 15) is 14.4 Å². The number of carbonyl (C=O) groups excluding carboxylic acids is 2. The number of hydrogen-bond acceptors (Lipinski definition) is 3. The van der Waals surface area contributed by atoms with Crippen LogP contribution in [-0.4, -0.2) is 34.9 Å². The quantitative estimate of drug-likeness (QED) is 0.823. The molecule has 6 heteroatoms. The molecule has 2 aromatic rings. The molecule has 0 bridgehead atoms. The number of nitrogens with one attached hydrogen (secondary N) is 1. The zero-order chi connectivity index (χ0) is 16.2. The summed E-state index contributed by atoms with van der Waals surface area (Å²) in [5, 5.41) is 3.92. The van der Waals surface area contributed by atoms with Gasteiger partial charge in [-0.05, 0) is 31.0 Å². The minimum absolute atomic E-state index is 0.0789. The number of amides is 2. The summed E-state index contributed by atoms with van der Waals surface area (Å²) in [4.78, 5) is 36.6. The molecule has 1 aliphatic heterocycles. The summed E-state index contributed by atoms with van der Waals surface area (Å²) in [6.45, 7) is 2.09. The smallest absolute Gasteiger partial charge is 0.258 e. The van der Waals surface area contributed by atoms with Crippen LogP contribution in [0.5, 0.6) is 0 Å². The van der Waals surface area contributed by atoms with Crippen molar-refractivity contribution in [2.45, 2.75) is 25.8 Å². The summed E-state index contributed by atoms with van der Waals surface area (Å²) >= 11 is 0. The van der Waals surface area contributed by atoms with Crippen LogP contribution in [0.25, 0.3) is 10.8 Å². The van der Waals surface area contributed by atoms with Crippen molar-refractivity contribution >= 4 is 28.8 Å². The third-order valence-corrected chi connectivity index (χ3v) is 4.23. The van der Waals surface area contributed by atoms with Gasteiger partial charge in [0.1, 0.15) is 0 Å². The number of aryl methyl sites for hydroxylation is 1. The molecule has 1 saturated heterocycles. The summed E-state index contributed by atoms with van der Waals surface area (Å²) < 4.78 is 1.66. The molecule has 1 aliphatic rings. The first-order valence-corrected chi connectivity index (χ1v) is 7.81. The molecular formula is C17H19N3O3. The molecule has 1 fully saturated rings. The average Bonchev–Trinajstić information content (AvgIpc) is 2.96. The lowest BCUT2D eigenvalue weighted by Crippen LogP contribution is -2.28. The van der Waals surface area contributed by atoms with E-state index >= 15 is 0 Å². The van der Waals surface area contributed by atoms with Crippen LogP contribution in [0.3, 0.4) is 0 Å². The molecule has 2 amide bonds. The van der Waals surface area contributed by atoms with E-state index in [0.717, 1.165) is 24.8 Å². The predicted octanol–water partition coefficient (Wildman–Crippen LogP) is 1.58. The number of pyridine rings is 1. The molecule has 0 unspecified atom stereocenters. The van der Waals surface area contributed by atoms with E-state index in [1.54, 1.807) is 29.0 Å². The van der Waals surface area contributed by atoms with E-state index in [4.69, 9.17) is 0 Å². The monoisotopic (exact) mass is 313 g/mol. The molecule has 3 rings (SSSR count). The molecule has 0 saturated carbocycles. The van der Waals surface area contributed by atoms with Crippen LogP contribution in [0.15, 0.2) is 35.3 Å². The van der Waals surface area contributed by atoms with Crippen LogP contribution in [0.1, 0.15) is 19.3 Å². The molecule has 0 aliphatic carbocycles. The summed E-state index contributed by atoms with van der Waals surface area (Å²) in [5.41, 5.74) is 0.550. The summed E-state index contributed by atoms with van der Waals surface area (Å²) in [6, 6.07) is 7.11. The van der Waals surface area contributed by atoms with Gasteiger partial charge < -0.3 is 14.8 Å². The van der Waals surface area contributed by atoms with Crippen molar-refractivity contribution in [3.05, 3.63) is 40.8 Å². The second-order valence-corrected chi connectivity index (χ2v) is 5.68. The fourth-order valence-electron chi connectivity index (χ4n) is 3.06. The van der Waals surface area contributed by atoms with Gasteiger partial charge in [0, 0.05) is 48.7 Å². The SMILES string of the molecule is O=CNc1cccc2c(=O)n(CCCN3CCCC3=O)ccc12. The average molecular weight is 313 g/mol. The van der Waals surface area contributed by atoms with Crippen LogP contribution in [-0.2, 0) is 16.1 Å². The Morgan fingerprint density at radius 2 is 2.00 bits per heavy atom. The second kappa shape index (κ2) is 6.64. The molecule has 0 radical (unpaired) electrons. The lowest BCUT2D eigenvalue weighted by Gasteiger charge is -2.16. The van der Waals surface area contributed by atoms with Gasteiger partial charge in [0.2, 0.25) is 12.3 Å². The van der Waals surface area contributed by atoms with E-state index < -0.39 is 0 Å². The lowest BCUT2D eigenvalue weighted by atomic mass is 10.1. The molecule has 1 aromatic carbocycles. The number of benzene rings is 1. The zero-order valence-corrected chi connectivity index (χ0v) is 12.8. The van der Waals surface area contributed by atoms with Gasteiger partial charge in [-0.25, -0.2) is 0 Å². The Kier molecular flexibility index (Phi) is 4.41. The Labute approximate surface area is 133 Å². The van der Waals surface area contributed by atoms with Crippen LogP contribution in [0, 0.1) is 0 Å². The van der Waals surface area contributed by atoms with Crippen LogP contribution in [0.4, 0.5) is 5.69 Å². The number of carbonyl (C=O) groups is 2. The second-order valence-electron chi connectivity index (χ2n) is 5.68. The minimum atomic E-state index is -0.0789. The number of anilines is 1. The molecule has 1 aromatic heterocycles. The van der Waals surface area contributed by atoms with Crippen LogP contribution >= 0.6 is 0 Å². The maximum absolute atomic E-state index is 12.5. The standard InChI is InChI=1S/C17H19N3O3/c21-12-18-15-5-1-4-14-13(15)7-11-20(17(14)23)10-3-9-19-8-2-6-16(19)22/h1,4-5,7,11-12H,2-3,6,8-10H2,(H,18,21). The van der Waals surface area contributed by atoms with Gasteiger partial charge in [-0.1, -0.05) is 6.07 Å². The highest BCUT2D eigenvalue weighted by Gasteiger charge is 2.19. The number of rotatable bonds is 6. The Morgan fingerprint density at radius 1 is 1.13 bits per heavy atom. The lowest BCUT2D eigenvalue weighted by molar-refractivity contribution is -0.127. The normalized spacial score (nSPS) is 14.4. The molecule has 6 nitrogen and oxygen atoms in total. The van der Waals surface area contributed by atoms with Crippen molar-refractivity contribution < 1.29 is 9.59 Å². The Hall–Kier alpha value is -2.63. The van der Waals surface area contributed by atoms with Crippen molar-refractivity contribution in [2.75, 3.05) is 18.4 Å². The van der Waals surface area contributed by atoms with Gasteiger partial charge in [0.05, 0.1) is 0 Å². The van der Waals surface area contributed by atoms with Crippen molar-refractivity contribution in [2.24, 2.45) is 0 Å². The van der Waals surface area contributed by atoms with Gasteiger partial charge in [0.15, 0.2) is 0 Å². The fourth-order valence-corrected chi connectivity index (χ4v) is 3.06. The molecule has 23 heavy (non-hydrogen) atoms. The highest BCUT2D eigenvalue weighted by Crippen LogP contribution is 2.20. The predicted molar refractivity (Wildman–Crippen MR) is 88.3 cm³/mol. The third kappa shape index (κ3) is 3.11. The summed E-state index contributed by atoms with van der Waals surface area (Å²) in [7, 11) is 0. The van der Waals surface area contributed by atoms with Gasteiger partial charge in [-0.2, -0.15) is 0 Å². The van der Waals surface area contributed by atoms with Gasteiger partial charge >= 0.3 is 0 Å². The Bertz CT molecular complexity index is 797. The first kappa shape index (κ1) is 15.3. The summed E-state index contributed by atoms with van der Waals surface area (Å²) in [6.07, 6.45) is 4.67. The number of fused-ring (bicyclic) bond motifs is 1. The number of nitrogens with zero attached hydrogens (tertiary/aromatic N) is 2. The fraction of sp³-hybridized carbons (Fsp3) is 0.353. The maximum atomic E-state index is 12.5. The van der Waals surface area contributed by atoms with E-state index in [1.807, 2.05) is 11.0 Å². The largest absolute Gasteiger partial charge is 0.343 e. The third-order valence-electron chi connectivity index (χ3n) is 4.23. The molecule has 1 N–H and O–H groups in total. The highest BCUT2D eigenvalue weighted by molar-refractivity contribution is 5.96. The molecular weight excluding hydrogens is 294 g/mol. The van der Waals surface area contributed by atoms with Crippen LogP contribution < -0.4 is 10.9 Å². The summed E-state index contributed by atoms with van der Waals surface area (Å²) in [5.74, 6) is 0.209. The van der Waals surface area contributed by atoms with E-state index in [1.165, 1.54) is 0 Å². The van der Waals surface area contributed by atoms with Crippen molar-refractivity contribution in [1.82, 2.24) is 9.47 Å². The Balaban J connectivity index is 1.77. The first-order chi connectivity index (χ1) is 11.2. The highest BCUT2D eigenvalue weighted by atomic mass is 16.2. The van der Waals surface area contributed by atoms with Crippen molar-refractivity contribution in [1.29, 1.82) is 0 Å². The molecule has 0 spiro atoms. The maximum Gasteiger partial charge on any atom is 0.258 e. The van der Waals surface area contributed by atoms with Crippen molar-refractivity contribution in [3.63, 3.8) is 0 Å². The van der Waals surface area contributed by atoms with E-state index in [0.29, 0.717) is 37.0 Å². The first-order valence-electron chi connectivity index (χ1n) is 7.81. The Morgan fingerprint density at radius 3 is 2.74 bits per heavy atom. The minimum Gasteiger partial charge on any atom is -0.343 e.